The van der Waals surface area contributed by atoms with E-state index >= 15 is 0 Å². The van der Waals surface area contributed by atoms with E-state index < -0.39 is 91.7 Å². The zero-order valence-electron chi connectivity index (χ0n) is 30.0. The van der Waals surface area contributed by atoms with Crippen molar-refractivity contribution >= 4 is 91.7 Å². The summed E-state index contributed by atoms with van der Waals surface area (Å²) in [6.07, 6.45) is 0. The first kappa shape index (κ1) is 104. The SMILES string of the molecule is O=[Si](O)O.O=[Si](O)O.O=[Si](O)O.O=[Si](O)O.O=[Si](O)O.O=[Si](O)O.O=[Si](O)O.O=[Si](O)O.O=[Si](O)O.O=[Si](O)O.[H-].[H-].[H-].[H-].[H-].[H-].[Na+].[Na+].[Na+].[Na+].[Na+].[Na+]. The van der Waals surface area contributed by atoms with Gasteiger partial charge in [0.2, 0.25) is 0 Å². The summed E-state index contributed by atoms with van der Waals surface area (Å²) in [6, 6.07) is 0. The largest absolute Gasteiger partial charge is 1.00 e. The Labute approximate surface area is 411 Å². The zero-order chi connectivity index (χ0) is 35.8. The standard InChI is InChI=1S/6Na.10H2O3Si.6H/c;;;;;;10*1-4(2)3;;;;;;/h;;;;;;10*1-2H;;;;;;/q6*+1;;;;;;;;;;;6*-1. The van der Waals surface area contributed by atoms with Crippen LogP contribution in [0.3, 0.4) is 0 Å². The molecule has 0 spiro atoms. The van der Waals surface area contributed by atoms with E-state index in [2.05, 4.69) is 0 Å². The Morgan fingerprint density at radius 2 is 0.174 bits per heavy atom. The van der Waals surface area contributed by atoms with Gasteiger partial charge in [0.25, 0.3) is 0 Å². The van der Waals surface area contributed by atoms with Gasteiger partial charge in [-0.15, -0.1) is 0 Å². The molecule has 0 aliphatic heterocycles. The van der Waals surface area contributed by atoms with E-state index in [9.17, 15) is 0 Å². The van der Waals surface area contributed by atoms with Gasteiger partial charge in [-0.2, -0.15) is 0 Å². The summed E-state index contributed by atoms with van der Waals surface area (Å²) >= 11 is 0. The Morgan fingerprint density at radius 3 is 0.174 bits per heavy atom. The van der Waals surface area contributed by atoms with Gasteiger partial charge < -0.3 is 104 Å². The van der Waals surface area contributed by atoms with Crippen LogP contribution in [0.2, 0.25) is 0 Å². The monoisotopic (exact) mass is 924 g/mol. The molecule has 20 N–H and O–H groups in total. The van der Waals surface area contributed by atoms with Gasteiger partial charge in [-0.3, -0.25) is 44.6 Å². The minimum atomic E-state index is -3.13. The number of hydrogen-bond acceptors (Lipinski definition) is 10. The summed E-state index contributed by atoms with van der Waals surface area (Å²) in [4.78, 5) is 143. The molecular weight excluding hydrogens is 899 g/mol. The fraction of sp³-hybridized carbons (Fsp3) is 0. The summed E-state index contributed by atoms with van der Waals surface area (Å²) < 4.78 is 87.4. The van der Waals surface area contributed by atoms with Crippen molar-refractivity contribution in [1.29, 1.82) is 0 Å². The maximum absolute atomic E-state index is 8.74. The van der Waals surface area contributed by atoms with E-state index in [-0.39, 0.29) is 186 Å². The Balaban J connectivity index is -0.00000000937. The molecule has 252 valence electrons. The Bertz CT molecular complexity index is 514. The van der Waals surface area contributed by atoms with Crippen molar-refractivity contribution in [3.05, 3.63) is 0 Å². The summed E-state index contributed by atoms with van der Waals surface area (Å²) in [7, 11) is -31.3. The van der Waals surface area contributed by atoms with Crippen molar-refractivity contribution in [3.8, 4) is 0 Å². The summed E-state index contributed by atoms with van der Waals surface area (Å²) in [5.41, 5.74) is 0. The van der Waals surface area contributed by atoms with Crippen LogP contribution >= 0.6 is 0 Å². The first-order chi connectivity index (χ1) is 17.3. The van der Waals surface area contributed by atoms with Crippen molar-refractivity contribution < 1.29 is 326 Å². The molecule has 0 unspecified atom stereocenters. The zero-order valence-corrected chi connectivity index (χ0v) is 46.0. The molecule has 0 aliphatic carbocycles. The van der Waals surface area contributed by atoms with E-state index in [0.29, 0.717) is 0 Å². The molecule has 0 aromatic carbocycles. The predicted octanol–water partition coefficient (Wildman–Crippen LogP) is -33.4. The molecule has 30 nitrogen and oxygen atoms in total. The molecule has 0 amide bonds. The van der Waals surface area contributed by atoms with E-state index in [4.69, 9.17) is 141 Å². The van der Waals surface area contributed by atoms with E-state index in [0.717, 1.165) is 0 Å². The van der Waals surface area contributed by atoms with Gasteiger partial charge in [-0.05, 0) is 0 Å². The third kappa shape index (κ3) is 20000. The van der Waals surface area contributed by atoms with Crippen molar-refractivity contribution in [2.45, 2.75) is 0 Å². The van der Waals surface area contributed by atoms with Crippen LogP contribution in [0.5, 0.6) is 0 Å². The quantitative estimate of drug-likeness (QED) is 0.100. The number of hydrogen-bond donors (Lipinski definition) is 20. The summed E-state index contributed by atoms with van der Waals surface area (Å²) in [6.45, 7) is 0. The molecule has 0 rings (SSSR count). The second-order valence-corrected chi connectivity index (χ2v) is 8.48. The minimum Gasteiger partial charge on any atom is -1.00 e. The molecule has 0 bridgehead atoms. The fourth-order valence-corrected chi connectivity index (χ4v) is 0. The average Bonchev–Trinajstić information content (AvgIpc) is 2.47. The van der Waals surface area contributed by atoms with Gasteiger partial charge in [-0.25, -0.2) is 0 Å². The van der Waals surface area contributed by atoms with E-state index in [1.807, 2.05) is 0 Å². The van der Waals surface area contributed by atoms with Gasteiger partial charge >= 0.3 is 269 Å². The molecule has 46 heavy (non-hydrogen) atoms. The van der Waals surface area contributed by atoms with E-state index in [1.54, 1.807) is 0 Å². The van der Waals surface area contributed by atoms with Crippen LogP contribution < -0.4 is 177 Å². The van der Waals surface area contributed by atoms with Crippen molar-refractivity contribution in [3.63, 3.8) is 0 Å². The topological polar surface area (TPSA) is 575 Å². The maximum Gasteiger partial charge on any atom is 1.00 e. The van der Waals surface area contributed by atoms with Crippen molar-refractivity contribution in [2.24, 2.45) is 0 Å². The Hall–Kier alpha value is 2.17. The van der Waals surface area contributed by atoms with Crippen LogP contribution in [0.4, 0.5) is 0 Å². The number of rotatable bonds is 0. The fourth-order valence-electron chi connectivity index (χ4n) is 0. The molecule has 0 saturated carbocycles. The van der Waals surface area contributed by atoms with Crippen LogP contribution in [0, 0.1) is 0 Å². The van der Waals surface area contributed by atoms with Gasteiger partial charge in [0.15, 0.2) is 0 Å². The second-order valence-electron chi connectivity index (χ2n) is 2.83. The van der Waals surface area contributed by atoms with Gasteiger partial charge in [0.05, 0.1) is 0 Å². The molecule has 0 aromatic heterocycles. The van der Waals surface area contributed by atoms with Crippen molar-refractivity contribution in [1.82, 2.24) is 0 Å². The molecule has 0 aliphatic rings. The summed E-state index contributed by atoms with van der Waals surface area (Å²) in [5, 5.41) is 0. The molecule has 0 saturated heterocycles. The molecule has 0 heterocycles. The second kappa shape index (κ2) is 97.2. The first-order valence-corrected chi connectivity index (χ1v) is 19.5. The summed E-state index contributed by atoms with van der Waals surface area (Å²) in [5.74, 6) is 0. The predicted molar refractivity (Wildman–Crippen MR) is 115 cm³/mol. The third-order valence-electron chi connectivity index (χ3n) is 0. The van der Waals surface area contributed by atoms with Crippen LogP contribution in [-0.2, 0) is 44.6 Å². The maximum atomic E-state index is 8.74. The van der Waals surface area contributed by atoms with Crippen LogP contribution in [-0.4, -0.2) is 188 Å². The molecule has 0 radical (unpaired) electrons. The van der Waals surface area contributed by atoms with Crippen molar-refractivity contribution in [2.75, 3.05) is 0 Å². The molecule has 0 aromatic rings. The van der Waals surface area contributed by atoms with Crippen LogP contribution in [0.1, 0.15) is 8.56 Å². The molecule has 46 heteroatoms. The minimum absolute atomic E-state index is 0. The van der Waals surface area contributed by atoms with E-state index in [1.165, 1.54) is 0 Å². The van der Waals surface area contributed by atoms with Crippen LogP contribution in [0.15, 0.2) is 0 Å². The molecule has 0 atom stereocenters. The van der Waals surface area contributed by atoms with Crippen LogP contribution in [0.25, 0.3) is 0 Å². The smallest absolute Gasteiger partial charge is 1.00 e. The Morgan fingerprint density at radius 1 is 0.174 bits per heavy atom. The van der Waals surface area contributed by atoms with Gasteiger partial charge in [-0.1, -0.05) is 0 Å². The van der Waals surface area contributed by atoms with Gasteiger partial charge in [0, 0.05) is 0 Å². The average molecular weight is 925 g/mol. The Kier molecular flexibility index (Phi) is 219. The molecule has 0 fully saturated rings. The molecular formula is H26Na6O30Si10. The normalized spacial score (nSPS) is 5.22. The first-order valence-electron chi connectivity index (χ1n) is 6.51. The third-order valence-corrected chi connectivity index (χ3v) is 0. The van der Waals surface area contributed by atoms with Gasteiger partial charge in [0.1, 0.15) is 0 Å².